The summed E-state index contributed by atoms with van der Waals surface area (Å²) in [5.41, 5.74) is 0.0474. The maximum Gasteiger partial charge on any atom is 0.323 e. The second-order valence-corrected chi connectivity index (χ2v) is 3.31. The van der Waals surface area contributed by atoms with E-state index in [0.717, 1.165) is 17.0 Å². The van der Waals surface area contributed by atoms with Crippen LogP contribution in [0.3, 0.4) is 0 Å². The van der Waals surface area contributed by atoms with Crippen LogP contribution < -0.4 is 5.32 Å². The van der Waals surface area contributed by atoms with Crippen molar-refractivity contribution in [2.45, 2.75) is 0 Å². The highest BCUT2D eigenvalue weighted by Crippen LogP contribution is 2.13. The van der Waals surface area contributed by atoms with Gasteiger partial charge in [-0.15, -0.1) is 0 Å². The van der Waals surface area contributed by atoms with Gasteiger partial charge in [0.2, 0.25) is 0 Å². The lowest BCUT2D eigenvalue weighted by molar-refractivity contribution is -0.137. The topological polar surface area (TPSA) is 69.6 Å². The first kappa shape index (κ1) is 12.9. The maximum atomic E-state index is 12.8. The van der Waals surface area contributed by atoms with E-state index in [1.807, 2.05) is 0 Å². The van der Waals surface area contributed by atoms with Crippen LogP contribution in [0.15, 0.2) is 18.2 Å². The Morgan fingerprint density at radius 1 is 1.35 bits per heavy atom. The first-order valence-electron chi connectivity index (χ1n) is 4.59. The van der Waals surface area contributed by atoms with Gasteiger partial charge >= 0.3 is 12.0 Å². The lowest BCUT2D eigenvalue weighted by Crippen LogP contribution is -2.35. The maximum absolute atomic E-state index is 12.8. The van der Waals surface area contributed by atoms with Crippen LogP contribution in [0, 0.1) is 11.6 Å². The molecule has 2 N–H and O–H groups in total. The lowest BCUT2D eigenvalue weighted by atomic mass is 10.3. The quantitative estimate of drug-likeness (QED) is 0.846. The highest BCUT2D eigenvalue weighted by atomic mass is 19.2. The molecule has 0 unspecified atom stereocenters. The summed E-state index contributed by atoms with van der Waals surface area (Å²) < 4.78 is 25.4. The van der Waals surface area contributed by atoms with Crippen LogP contribution in [0.4, 0.5) is 19.3 Å². The van der Waals surface area contributed by atoms with E-state index in [4.69, 9.17) is 5.11 Å². The molecule has 0 saturated heterocycles. The van der Waals surface area contributed by atoms with E-state index in [1.165, 1.54) is 13.1 Å². The molecule has 0 atom stereocenters. The molecule has 0 fully saturated rings. The number of carbonyl (C=O) groups excluding carboxylic acids is 1. The van der Waals surface area contributed by atoms with E-state index in [0.29, 0.717) is 0 Å². The molecule has 5 nitrogen and oxygen atoms in total. The number of nitrogens with one attached hydrogen (secondary N) is 1. The van der Waals surface area contributed by atoms with Crippen molar-refractivity contribution in [2.24, 2.45) is 0 Å². The van der Waals surface area contributed by atoms with Crippen molar-refractivity contribution in [2.75, 3.05) is 18.9 Å². The van der Waals surface area contributed by atoms with E-state index in [9.17, 15) is 18.4 Å². The van der Waals surface area contributed by atoms with Crippen LogP contribution in [0.1, 0.15) is 0 Å². The van der Waals surface area contributed by atoms with Crippen molar-refractivity contribution in [3.05, 3.63) is 29.8 Å². The SMILES string of the molecule is CN(CC(=O)O)C(=O)Nc1ccc(F)c(F)c1. The molecule has 92 valence electrons. The minimum Gasteiger partial charge on any atom is -0.480 e. The monoisotopic (exact) mass is 244 g/mol. The molecule has 0 aliphatic heterocycles. The Hall–Kier alpha value is -2.18. The van der Waals surface area contributed by atoms with Gasteiger partial charge in [0.05, 0.1) is 0 Å². The summed E-state index contributed by atoms with van der Waals surface area (Å²) >= 11 is 0. The van der Waals surface area contributed by atoms with Gasteiger partial charge in [-0.2, -0.15) is 0 Å². The minimum absolute atomic E-state index is 0.0474. The van der Waals surface area contributed by atoms with Crippen LogP contribution in [-0.4, -0.2) is 35.6 Å². The van der Waals surface area contributed by atoms with Gasteiger partial charge in [0.15, 0.2) is 11.6 Å². The van der Waals surface area contributed by atoms with E-state index < -0.39 is 30.2 Å². The summed E-state index contributed by atoms with van der Waals surface area (Å²) in [6.45, 7) is -0.491. The zero-order valence-corrected chi connectivity index (χ0v) is 8.91. The number of aliphatic carboxylic acids is 1. The number of carboxylic acids is 1. The average Bonchev–Trinajstić information content (AvgIpc) is 2.22. The van der Waals surface area contributed by atoms with Crippen molar-refractivity contribution in [1.82, 2.24) is 4.90 Å². The van der Waals surface area contributed by atoms with Gasteiger partial charge < -0.3 is 15.3 Å². The smallest absolute Gasteiger partial charge is 0.323 e. The van der Waals surface area contributed by atoms with Crippen molar-refractivity contribution in [1.29, 1.82) is 0 Å². The Labute approximate surface area is 95.6 Å². The van der Waals surface area contributed by atoms with E-state index in [-0.39, 0.29) is 5.69 Å². The van der Waals surface area contributed by atoms with Gasteiger partial charge in [-0.05, 0) is 12.1 Å². The zero-order chi connectivity index (χ0) is 13.0. The number of benzene rings is 1. The number of halogens is 2. The largest absolute Gasteiger partial charge is 0.480 e. The molecule has 0 bridgehead atoms. The fraction of sp³-hybridized carbons (Fsp3) is 0.200. The van der Waals surface area contributed by atoms with Crippen molar-refractivity contribution in [3.8, 4) is 0 Å². The second-order valence-electron chi connectivity index (χ2n) is 3.31. The molecule has 1 aromatic carbocycles. The predicted molar refractivity (Wildman–Crippen MR) is 55.6 cm³/mol. The molecule has 0 saturated carbocycles. The molecule has 0 heterocycles. The van der Waals surface area contributed by atoms with Crippen LogP contribution in [0.25, 0.3) is 0 Å². The summed E-state index contributed by atoms with van der Waals surface area (Å²) in [7, 11) is 1.27. The molecule has 2 amide bonds. The lowest BCUT2D eigenvalue weighted by Gasteiger charge is -2.15. The van der Waals surface area contributed by atoms with Crippen LogP contribution >= 0.6 is 0 Å². The summed E-state index contributed by atoms with van der Waals surface area (Å²) in [6.07, 6.45) is 0. The van der Waals surface area contributed by atoms with Gasteiger partial charge in [0.1, 0.15) is 6.54 Å². The molecule has 1 aromatic rings. The summed E-state index contributed by atoms with van der Waals surface area (Å²) in [5.74, 6) is -3.29. The van der Waals surface area contributed by atoms with Crippen molar-refractivity contribution in [3.63, 3.8) is 0 Å². The standard InChI is InChI=1S/C10H10F2N2O3/c1-14(5-9(15)16)10(17)13-6-2-3-7(11)8(12)4-6/h2-4H,5H2,1H3,(H,13,17)(H,15,16). The third-order valence-corrected chi connectivity index (χ3v) is 1.89. The number of carboxylic acid groups (broad SMARTS) is 1. The van der Waals surface area contributed by atoms with Crippen molar-refractivity contribution >= 4 is 17.7 Å². The molecule has 0 spiro atoms. The van der Waals surface area contributed by atoms with Gasteiger partial charge in [-0.25, -0.2) is 13.6 Å². The number of hydrogen-bond donors (Lipinski definition) is 2. The van der Waals surface area contributed by atoms with E-state index >= 15 is 0 Å². The second kappa shape index (κ2) is 5.24. The molecule has 0 radical (unpaired) electrons. The molecule has 0 aliphatic rings. The molecular formula is C10H10F2N2O3. The van der Waals surface area contributed by atoms with Gasteiger partial charge in [0, 0.05) is 18.8 Å². The number of anilines is 1. The first-order chi connectivity index (χ1) is 7.90. The normalized spacial score (nSPS) is 9.82. The minimum atomic E-state index is -1.17. The van der Waals surface area contributed by atoms with Crippen molar-refractivity contribution < 1.29 is 23.5 Å². The summed E-state index contributed by atoms with van der Waals surface area (Å²) in [4.78, 5) is 22.6. The molecule has 1 rings (SSSR count). The third kappa shape index (κ3) is 3.71. The number of amides is 2. The van der Waals surface area contributed by atoms with Gasteiger partial charge in [-0.1, -0.05) is 0 Å². The fourth-order valence-corrected chi connectivity index (χ4v) is 1.07. The third-order valence-electron chi connectivity index (χ3n) is 1.89. The van der Waals surface area contributed by atoms with Gasteiger partial charge in [-0.3, -0.25) is 4.79 Å². The Morgan fingerprint density at radius 2 is 2.00 bits per heavy atom. The number of nitrogens with zero attached hydrogens (tertiary/aromatic N) is 1. The number of hydrogen-bond acceptors (Lipinski definition) is 2. The summed E-state index contributed by atoms with van der Waals surface area (Å²) in [6, 6.07) is 2.12. The highest BCUT2D eigenvalue weighted by Gasteiger charge is 2.12. The zero-order valence-electron chi connectivity index (χ0n) is 8.91. The molecule has 17 heavy (non-hydrogen) atoms. The number of rotatable bonds is 3. The Balaban J connectivity index is 2.67. The Morgan fingerprint density at radius 3 is 2.53 bits per heavy atom. The van der Waals surface area contributed by atoms with E-state index in [1.54, 1.807) is 0 Å². The molecule has 7 heteroatoms. The average molecular weight is 244 g/mol. The molecule has 0 aliphatic carbocycles. The Bertz CT molecular complexity index is 451. The molecule has 0 aromatic heterocycles. The van der Waals surface area contributed by atoms with E-state index in [2.05, 4.69) is 5.32 Å². The van der Waals surface area contributed by atoms with Crippen LogP contribution in [-0.2, 0) is 4.79 Å². The summed E-state index contributed by atoms with van der Waals surface area (Å²) in [5, 5.41) is 10.7. The van der Waals surface area contributed by atoms with Crippen LogP contribution in [0.2, 0.25) is 0 Å². The first-order valence-corrected chi connectivity index (χ1v) is 4.59. The Kier molecular flexibility index (Phi) is 3.97. The number of carbonyl (C=O) groups is 2. The van der Waals surface area contributed by atoms with Gasteiger partial charge in [0.25, 0.3) is 0 Å². The molecular weight excluding hydrogens is 234 g/mol. The number of likely N-dealkylation sites (N-methyl/N-ethyl adjacent to an activating group) is 1. The highest BCUT2D eigenvalue weighted by molar-refractivity contribution is 5.91. The number of urea groups is 1. The predicted octanol–water partition coefficient (Wildman–Crippen LogP) is 1.51. The van der Waals surface area contributed by atoms with Crippen LogP contribution in [0.5, 0.6) is 0 Å². The fourth-order valence-electron chi connectivity index (χ4n) is 1.07.